The van der Waals surface area contributed by atoms with Crippen LogP contribution >= 0.6 is 0 Å². The predicted molar refractivity (Wildman–Crippen MR) is 50.4 cm³/mol. The molecule has 0 aliphatic rings. The molecular formula is C9H19FN2. The van der Waals surface area contributed by atoms with E-state index in [9.17, 15) is 4.39 Å². The van der Waals surface area contributed by atoms with Crippen LogP contribution in [-0.2, 0) is 0 Å². The Labute approximate surface area is 74.0 Å². The highest BCUT2D eigenvalue weighted by molar-refractivity contribution is 4.87. The van der Waals surface area contributed by atoms with E-state index in [1.165, 1.54) is 0 Å². The molecular weight excluding hydrogens is 155 g/mol. The lowest BCUT2D eigenvalue weighted by Gasteiger charge is -2.10. The summed E-state index contributed by atoms with van der Waals surface area (Å²) in [6.07, 6.45) is 3.35. The third-order valence-corrected chi connectivity index (χ3v) is 1.79. The maximum absolute atomic E-state index is 12.5. The predicted octanol–water partition coefficient (Wildman–Crippen LogP) is 1.92. The third kappa shape index (κ3) is 6.16. The first-order valence-corrected chi connectivity index (χ1v) is 4.50. The van der Waals surface area contributed by atoms with Crippen LogP contribution in [0.25, 0.3) is 0 Å². The highest BCUT2D eigenvalue weighted by Crippen LogP contribution is 2.08. The molecule has 3 heteroatoms. The van der Waals surface area contributed by atoms with Crippen molar-refractivity contribution in [3.05, 3.63) is 12.0 Å². The summed E-state index contributed by atoms with van der Waals surface area (Å²) in [4.78, 5) is 0. The van der Waals surface area contributed by atoms with Gasteiger partial charge < -0.3 is 11.1 Å². The average molecular weight is 174 g/mol. The van der Waals surface area contributed by atoms with E-state index in [1.807, 2.05) is 0 Å². The number of nitrogens with two attached hydrogens (primary N) is 1. The van der Waals surface area contributed by atoms with Crippen LogP contribution in [0.5, 0.6) is 0 Å². The molecule has 0 radical (unpaired) electrons. The lowest BCUT2D eigenvalue weighted by molar-refractivity contribution is 0.488. The van der Waals surface area contributed by atoms with Gasteiger partial charge in [-0.3, -0.25) is 0 Å². The Morgan fingerprint density at radius 1 is 1.67 bits per heavy atom. The van der Waals surface area contributed by atoms with Crippen LogP contribution in [0, 0.1) is 0 Å². The lowest BCUT2D eigenvalue weighted by atomic mass is 10.1. The second kappa shape index (κ2) is 7.10. The molecule has 12 heavy (non-hydrogen) atoms. The summed E-state index contributed by atoms with van der Waals surface area (Å²) >= 11 is 0. The third-order valence-electron chi connectivity index (χ3n) is 1.79. The standard InChI is InChI=1S/C9H19FN2/c1-3-12-8(2)5-4-6-9(10)7-11/h7-8,12H,3-6,11H2,1-2H3/b9-7+. The van der Waals surface area contributed by atoms with Gasteiger partial charge in [-0.15, -0.1) is 0 Å². The van der Waals surface area contributed by atoms with Gasteiger partial charge in [0.2, 0.25) is 0 Å². The average Bonchev–Trinajstić information content (AvgIpc) is 2.04. The zero-order chi connectivity index (χ0) is 9.40. The SMILES string of the molecule is CCNC(C)CCC/C(F)=C\N. The van der Waals surface area contributed by atoms with Crippen molar-refractivity contribution in [1.29, 1.82) is 0 Å². The van der Waals surface area contributed by atoms with Gasteiger partial charge in [-0.25, -0.2) is 4.39 Å². The molecule has 0 saturated heterocycles. The molecule has 3 N–H and O–H groups in total. The molecule has 0 aromatic heterocycles. The quantitative estimate of drug-likeness (QED) is 0.645. The molecule has 2 nitrogen and oxygen atoms in total. The van der Waals surface area contributed by atoms with Crippen LogP contribution in [0.15, 0.2) is 12.0 Å². The van der Waals surface area contributed by atoms with Gasteiger partial charge in [0.25, 0.3) is 0 Å². The molecule has 0 amide bonds. The fourth-order valence-corrected chi connectivity index (χ4v) is 1.11. The molecule has 0 heterocycles. The summed E-state index contributed by atoms with van der Waals surface area (Å²) in [6.45, 7) is 5.14. The molecule has 0 aliphatic carbocycles. The largest absolute Gasteiger partial charge is 0.403 e. The van der Waals surface area contributed by atoms with Gasteiger partial charge in [-0.05, 0) is 26.3 Å². The minimum Gasteiger partial charge on any atom is -0.403 e. The summed E-state index contributed by atoms with van der Waals surface area (Å²) < 4.78 is 12.5. The van der Waals surface area contributed by atoms with Gasteiger partial charge >= 0.3 is 0 Å². The van der Waals surface area contributed by atoms with E-state index >= 15 is 0 Å². The zero-order valence-corrected chi connectivity index (χ0v) is 7.94. The van der Waals surface area contributed by atoms with E-state index in [-0.39, 0.29) is 5.83 Å². The summed E-state index contributed by atoms with van der Waals surface area (Å²) in [5.74, 6) is -0.210. The number of hydrogen-bond donors (Lipinski definition) is 2. The summed E-state index contributed by atoms with van der Waals surface area (Å²) in [5, 5.41) is 3.26. The van der Waals surface area contributed by atoms with Crippen LogP contribution < -0.4 is 11.1 Å². The first-order chi connectivity index (χ1) is 5.70. The maximum atomic E-state index is 12.5. The molecule has 0 bridgehead atoms. The van der Waals surface area contributed by atoms with Crippen LogP contribution in [0.3, 0.4) is 0 Å². The molecule has 72 valence electrons. The topological polar surface area (TPSA) is 38.0 Å². The van der Waals surface area contributed by atoms with E-state index < -0.39 is 0 Å². The zero-order valence-electron chi connectivity index (χ0n) is 7.94. The second-order valence-corrected chi connectivity index (χ2v) is 2.96. The summed E-state index contributed by atoms with van der Waals surface area (Å²) in [6, 6.07) is 0.473. The normalized spacial score (nSPS) is 14.8. The van der Waals surface area contributed by atoms with Crippen molar-refractivity contribution in [3.63, 3.8) is 0 Å². The van der Waals surface area contributed by atoms with Crippen molar-refractivity contribution in [1.82, 2.24) is 5.32 Å². The molecule has 0 aromatic carbocycles. The van der Waals surface area contributed by atoms with E-state index in [0.717, 1.165) is 25.6 Å². The fourth-order valence-electron chi connectivity index (χ4n) is 1.11. The van der Waals surface area contributed by atoms with Gasteiger partial charge in [0.15, 0.2) is 0 Å². The number of rotatable bonds is 6. The maximum Gasteiger partial charge on any atom is 0.115 e. The van der Waals surface area contributed by atoms with Gasteiger partial charge in [0.05, 0.1) is 0 Å². The minimum atomic E-state index is -0.210. The Hall–Kier alpha value is -0.570. The highest BCUT2D eigenvalue weighted by atomic mass is 19.1. The van der Waals surface area contributed by atoms with Crippen molar-refractivity contribution in [3.8, 4) is 0 Å². The Balaban J connectivity index is 3.30. The Kier molecular flexibility index (Phi) is 6.76. The molecule has 0 fully saturated rings. The van der Waals surface area contributed by atoms with Crippen LogP contribution in [0.2, 0.25) is 0 Å². The lowest BCUT2D eigenvalue weighted by Crippen LogP contribution is -2.25. The molecule has 0 spiro atoms. The molecule has 0 saturated carbocycles. The van der Waals surface area contributed by atoms with Crippen molar-refractivity contribution < 1.29 is 4.39 Å². The van der Waals surface area contributed by atoms with Gasteiger partial charge in [-0.1, -0.05) is 6.92 Å². The Morgan fingerprint density at radius 3 is 2.83 bits per heavy atom. The van der Waals surface area contributed by atoms with Crippen LogP contribution in [-0.4, -0.2) is 12.6 Å². The van der Waals surface area contributed by atoms with Crippen molar-refractivity contribution in [2.45, 2.75) is 39.2 Å². The number of nitrogens with one attached hydrogen (secondary N) is 1. The van der Waals surface area contributed by atoms with Gasteiger partial charge in [0.1, 0.15) is 5.83 Å². The van der Waals surface area contributed by atoms with Gasteiger partial charge in [-0.2, -0.15) is 0 Å². The Morgan fingerprint density at radius 2 is 2.33 bits per heavy atom. The van der Waals surface area contributed by atoms with Gasteiger partial charge in [0, 0.05) is 18.7 Å². The summed E-state index contributed by atoms with van der Waals surface area (Å²) in [7, 11) is 0. The van der Waals surface area contributed by atoms with E-state index in [1.54, 1.807) is 0 Å². The molecule has 0 rings (SSSR count). The van der Waals surface area contributed by atoms with Crippen LogP contribution in [0.1, 0.15) is 33.1 Å². The molecule has 0 aliphatic heterocycles. The Bertz CT molecular complexity index is 134. The highest BCUT2D eigenvalue weighted by Gasteiger charge is 2.00. The van der Waals surface area contributed by atoms with E-state index in [2.05, 4.69) is 19.2 Å². The van der Waals surface area contributed by atoms with Crippen LogP contribution in [0.4, 0.5) is 4.39 Å². The fraction of sp³-hybridized carbons (Fsp3) is 0.778. The first-order valence-electron chi connectivity index (χ1n) is 4.50. The smallest absolute Gasteiger partial charge is 0.115 e. The number of allylic oxidation sites excluding steroid dienone is 1. The minimum absolute atomic E-state index is 0.210. The second-order valence-electron chi connectivity index (χ2n) is 2.96. The number of halogens is 1. The number of hydrogen-bond acceptors (Lipinski definition) is 2. The summed E-state index contributed by atoms with van der Waals surface area (Å²) in [5.41, 5.74) is 4.99. The molecule has 0 aromatic rings. The molecule has 1 unspecified atom stereocenters. The van der Waals surface area contributed by atoms with E-state index in [0.29, 0.717) is 12.5 Å². The van der Waals surface area contributed by atoms with Crippen molar-refractivity contribution in [2.75, 3.05) is 6.54 Å². The van der Waals surface area contributed by atoms with Crippen molar-refractivity contribution in [2.24, 2.45) is 5.73 Å². The van der Waals surface area contributed by atoms with E-state index in [4.69, 9.17) is 5.73 Å². The monoisotopic (exact) mass is 174 g/mol. The van der Waals surface area contributed by atoms with Crippen molar-refractivity contribution >= 4 is 0 Å². The molecule has 1 atom stereocenters. The first kappa shape index (κ1) is 11.4.